The lowest BCUT2D eigenvalue weighted by Gasteiger charge is -2.39. The van der Waals surface area contributed by atoms with Crippen molar-refractivity contribution < 1.29 is 4.79 Å². The molecule has 1 amide bonds. The van der Waals surface area contributed by atoms with Crippen LogP contribution in [0.25, 0.3) is 0 Å². The van der Waals surface area contributed by atoms with Gasteiger partial charge in [-0.25, -0.2) is 0 Å². The van der Waals surface area contributed by atoms with E-state index in [9.17, 15) is 4.79 Å². The van der Waals surface area contributed by atoms with Crippen LogP contribution >= 0.6 is 0 Å². The van der Waals surface area contributed by atoms with Gasteiger partial charge in [-0.2, -0.15) is 0 Å². The summed E-state index contributed by atoms with van der Waals surface area (Å²) in [5.41, 5.74) is 0.0499. The van der Waals surface area contributed by atoms with E-state index in [2.05, 4.69) is 44.8 Å². The van der Waals surface area contributed by atoms with Gasteiger partial charge < -0.3 is 5.32 Å². The summed E-state index contributed by atoms with van der Waals surface area (Å²) in [5.74, 6) is 0.214. The average molecular weight is 240 g/mol. The molecule has 1 heterocycles. The number of likely N-dealkylation sites (N-methyl/N-ethyl adjacent to an activating group) is 1. The Morgan fingerprint density at radius 3 is 2.41 bits per heavy atom. The van der Waals surface area contributed by atoms with E-state index >= 15 is 0 Å². The number of nitrogens with zero attached hydrogens (tertiary/aromatic N) is 1. The van der Waals surface area contributed by atoms with Crippen molar-refractivity contribution in [3.63, 3.8) is 0 Å². The number of carbonyl (C=O) groups excluding carboxylic acids is 1. The Morgan fingerprint density at radius 2 is 2.06 bits per heavy atom. The Morgan fingerprint density at radius 1 is 1.41 bits per heavy atom. The fraction of sp³-hybridized carbons (Fsp3) is 0.929. The van der Waals surface area contributed by atoms with E-state index in [-0.39, 0.29) is 17.4 Å². The molecule has 100 valence electrons. The second-order valence-electron chi connectivity index (χ2n) is 5.79. The first kappa shape index (κ1) is 14.5. The molecule has 0 aromatic heterocycles. The first-order valence-corrected chi connectivity index (χ1v) is 7.01. The Balaban J connectivity index is 2.88. The molecule has 0 aromatic rings. The molecule has 0 radical (unpaired) electrons. The van der Waals surface area contributed by atoms with Crippen molar-refractivity contribution in [1.29, 1.82) is 0 Å². The minimum atomic E-state index is 0.0454. The first-order valence-electron chi connectivity index (χ1n) is 7.01. The van der Waals surface area contributed by atoms with Crippen LogP contribution in [-0.2, 0) is 4.79 Å². The van der Waals surface area contributed by atoms with Crippen LogP contribution in [-0.4, -0.2) is 36.0 Å². The van der Waals surface area contributed by atoms with Crippen LogP contribution < -0.4 is 5.32 Å². The van der Waals surface area contributed by atoms with Gasteiger partial charge in [0.25, 0.3) is 0 Å². The first-order chi connectivity index (χ1) is 7.97. The Bertz CT molecular complexity index is 263. The maximum atomic E-state index is 12.1. The molecule has 1 rings (SSSR count). The lowest BCUT2D eigenvalue weighted by atomic mass is 9.85. The highest BCUT2D eigenvalue weighted by Gasteiger charge is 2.45. The minimum Gasteiger partial charge on any atom is -0.354 e. The molecule has 2 unspecified atom stereocenters. The SMILES string of the molecule is CCCC(CC)N(CC)C1C(=O)NCC1(C)C. The van der Waals surface area contributed by atoms with Crippen LogP contribution in [0.3, 0.4) is 0 Å². The van der Waals surface area contributed by atoms with E-state index in [1.165, 1.54) is 12.8 Å². The van der Waals surface area contributed by atoms with Gasteiger partial charge >= 0.3 is 0 Å². The van der Waals surface area contributed by atoms with E-state index < -0.39 is 0 Å². The molecule has 0 aromatic carbocycles. The molecule has 1 aliphatic rings. The summed E-state index contributed by atoms with van der Waals surface area (Å²) < 4.78 is 0. The quantitative estimate of drug-likeness (QED) is 0.773. The highest BCUT2D eigenvalue weighted by Crippen LogP contribution is 2.31. The summed E-state index contributed by atoms with van der Waals surface area (Å²) >= 11 is 0. The van der Waals surface area contributed by atoms with Gasteiger partial charge in [0.05, 0.1) is 6.04 Å². The Labute approximate surface area is 106 Å². The van der Waals surface area contributed by atoms with Crippen molar-refractivity contribution in [3.8, 4) is 0 Å². The second-order valence-corrected chi connectivity index (χ2v) is 5.79. The summed E-state index contributed by atoms with van der Waals surface area (Å²) in [5, 5.41) is 3.02. The molecular weight excluding hydrogens is 212 g/mol. The van der Waals surface area contributed by atoms with Crippen LogP contribution in [0, 0.1) is 5.41 Å². The molecule has 1 aliphatic heterocycles. The molecule has 1 saturated heterocycles. The molecular formula is C14H28N2O. The maximum Gasteiger partial charge on any atom is 0.238 e. The molecule has 0 bridgehead atoms. The fourth-order valence-corrected chi connectivity index (χ4v) is 3.05. The van der Waals surface area contributed by atoms with Crippen molar-refractivity contribution in [1.82, 2.24) is 10.2 Å². The van der Waals surface area contributed by atoms with Crippen molar-refractivity contribution >= 4 is 5.91 Å². The van der Waals surface area contributed by atoms with Gasteiger partial charge in [-0.3, -0.25) is 9.69 Å². The van der Waals surface area contributed by atoms with Crippen LogP contribution in [0.15, 0.2) is 0 Å². The fourth-order valence-electron chi connectivity index (χ4n) is 3.05. The predicted molar refractivity (Wildman–Crippen MR) is 71.9 cm³/mol. The van der Waals surface area contributed by atoms with Crippen molar-refractivity contribution in [2.45, 2.75) is 66.0 Å². The van der Waals surface area contributed by atoms with Crippen LogP contribution in [0.1, 0.15) is 53.9 Å². The van der Waals surface area contributed by atoms with E-state index in [0.29, 0.717) is 6.04 Å². The third-order valence-electron chi connectivity index (χ3n) is 3.97. The van der Waals surface area contributed by atoms with Gasteiger partial charge in [0.1, 0.15) is 0 Å². The zero-order chi connectivity index (χ0) is 13.1. The molecule has 0 spiro atoms. The topological polar surface area (TPSA) is 32.3 Å². The molecule has 2 atom stereocenters. The molecule has 3 nitrogen and oxygen atoms in total. The summed E-state index contributed by atoms with van der Waals surface area (Å²) in [6, 6.07) is 0.585. The molecule has 1 N–H and O–H groups in total. The van der Waals surface area contributed by atoms with Crippen LogP contribution in [0.4, 0.5) is 0 Å². The number of hydrogen-bond acceptors (Lipinski definition) is 2. The van der Waals surface area contributed by atoms with Crippen molar-refractivity contribution in [2.24, 2.45) is 5.41 Å². The van der Waals surface area contributed by atoms with Gasteiger partial charge in [0.15, 0.2) is 0 Å². The molecule has 3 heteroatoms. The van der Waals surface area contributed by atoms with Crippen molar-refractivity contribution in [2.75, 3.05) is 13.1 Å². The van der Waals surface area contributed by atoms with Crippen LogP contribution in [0.5, 0.6) is 0 Å². The maximum absolute atomic E-state index is 12.1. The molecule has 0 aliphatic carbocycles. The Hall–Kier alpha value is -0.570. The van der Waals surface area contributed by atoms with Crippen LogP contribution in [0.2, 0.25) is 0 Å². The largest absolute Gasteiger partial charge is 0.354 e. The van der Waals surface area contributed by atoms with E-state index in [4.69, 9.17) is 0 Å². The minimum absolute atomic E-state index is 0.0454. The van der Waals surface area contributed by atoms with Gasteiger partial charge in [0, 0.05) is 18.0 Å². The zero-order valence-corrected chi connectivity index (χ0v) is 12.0. The van der Waals surface area contributed by atoms with E-state index in [1.54, 1.807) is 0 Å². The number of amides is 1. The normalized spacial score (nSPS) is 25.1. The number of nitrogens with one attached hydrogen (secondary N) is 1. The van der Waals surface area contributed by atoms with Gasteiger partial charge in [-0.05, 0) is 19.4 Å². The average Bonchev–Trinajstić information content (AvgIpc) is 2.55. The Kier molecular flexibility index (Phi) is 4.99. The zero-order valence-electron chi connectivity index (χ0n) is 12.0. The lowest BCUT2D eigenvalue weighted by Crippen LogP contribution is -2.51. The number of rotatable bonds is 6. The number of carbonyl (C=O) groups is 1. The molecule has 0 saturated carbocycles. The van der Waals surface area contributed by atoms with Gasteiger partial charge in [0.2, 0.25) is 5.91 Å². The molecule has 17 heavy (non-hydrogen) atoms. The van der Waals surface area contributed by atoms with Crippen molar-refractivity contribution in [3.05, 3.63) is 0 Å². The predicted octanol–water partition coefficient (Wildman–Crippen LogP) is 2.41. The van der Waals surface area contributed by atoms with Gasteiger partial charge in [-0.1, -0.05) is 41.0 Å². The molecule has 1 fully saturated rings. The van der Waals surface area contributed by atoms with E-state index in [1.807, 2.05) is 0 Å². The summed E-state index contributed by atoms with van der Waals surface area (Å²) in [6.07, 6.45) is 3.50. The highest BCUT2D eigenvalue weighted by molar-refractivity contribution is 5.85. The number of hydrogen-bond donors (Lipinski definition) is 1. The smallest absolute Gasteiger partial charge is 0.238 e. The van der Waals surface area contributed by atoms with Gasteiger partial charge in [-0.15, -0.1) is 0 Å². The van der Waals surface area contributed by atoms with E-state index in [0.717, 1.165) is 19.5 Å². The third kappa shape index (κ3) is 3.01. The summed E-state index contributed by atoms with van der Waals surface area (Å²) in [7, 11) is 0. The lowest BCUT2D eigenvalue weighted by molar-refractivity contribution is -0.126. The second kappa shape index (κ2) is 5.85. The third-order valence-corrected chi connectivity index (χ3v) is 3.97. The summed E-state index contributed by atoms with van der Waals surface area (Å²) in [4.78, 5) is 14.5. The standard InChI is InChI=1S/C14H28N2O/c1-6-9-11(7-2)16(8-3)12-13(17)15-10-14(12,4)5/h11-12H,6-10H2,1-5H3,(H,15,17). The highest BCUT2D eigenvalue weighted by atomic mass is 16.2. The summed E-state index contributed by atoms with van der Waals surface area (Å²) in [6.45, 7) is 12.8. The monoisotopic (exact) mass is 240 g/mol.